The first-order valence-electron chi connectivity index (χ1n) is 7.36. The van der Waals surface area contributed by atoms with Gasteiger partial charge in [0.25, 0.3) is 0 Å². The van der Waals surface area contributed by atoms with E-state index in [1.54, 1.807) is 0 Å². The summed E-state index contributed by atoms with van der Waals surface area (Å²) < 4.78 is 0. The summed E-state index contributed by atoms with van der Waals surface area (Å²) in [7, 11) is 0. The molecule has 2 rings (SSSR count). The first kappa shape index (κ1) is 13.4. The molecule has 0 unspecified atom stereocenters. The minimum atomic E-state index is 0.293. The van der Waals surface area contributed by atoms with Crippen LogP contribution in [0.3, 0.4) is 0 Å². The second-order valence-corrected chi connectivity index (χ2v) is 5.64. The molecule has 0 heterocycles. The van der Waals surface area contributed by atoms with Crippen molar-refractivity contribution >= 4 is 11.7 Å². The number of nitrogens with one attached hydrogen (secondary N) is 2. The first-order chi connectivity index (χ1) is 8.77. The SMILES string of the molecule is N=C(N=NC(=N)C1CCCCC1)C1CCCCC1. The zero-order chi connectivity index (χ0) is 12.8. The van der Waals surface area contributed by atoms with Crippen molar-refractivity contribution in [3.8, 4) is 0 Å². The maximum atomic E-state index is 7.93. The molecular weight excluding hydrogens is 224 g/mol. The number of rotatable bonds is 2. The molecule has 2 saturated carbocycles. The van der Waals surface area contributed by atoms with Crippen LogP contribution in [0.25, 0.3) is 0 Å². The van der Waals surface area contributed by atoms with Gasteiger partial charge in [0, 0.05) is 11.8 Å². The summed E-state index contributed by atoms with van der Waals surface area (Å²) >= 11 is 0. The standard InChI is InChI=1S/C14H24N4/c15-13(11-7-3-1-4-8-11)17-18-14(16)12-9-5-2-6-10-12/h11-12,15-16H,1-10H2. The maximum Gasteiger partial charge on any atom is 0.146 e. The lowest BCUT2D eigenvalue weighted by Crippen LogP contribution is -2.17. The fraction of sp³-hybridized carbons (Fsp3) is 0.857. The van der Waals surface area contributed by atoms with Gasteiger partial charge in [-0.15, -0.1) is 10.2 Å². The lowest BCUT2D eigenvalue weighted by molar-refractivity contribution is 0.432. The van der Waals surface area contributed by atoms with E-state index in [4.69, 9.17) is 10.8 Å². The molecule has 2 aliphatic rings. The molecule has 0 aromatic carbocycles. The molecule has 0 aromatic rings. The fourth-order valence-electron chi connectivity index (χ4n) is 3.02. The Balaban J connectivity index is 1.81. The van der Waals surface area contributed by atoms with Crippen LogP contribution in [0, 0.1) is 22.7 Å². The van der Waals surface area contributed by atoms with Gasteiger partial charge in [-0.05, 0) is 25.7 Å². The van der Waals surface area contributed by atoms with Crippen LogP contribution in [0.15, 0.2) is 10.2 Å². The van der Waals surface area contributed by atoms with E-state index in [2.05, 4.69) is 10.2 Å². The molecule has 2 aliphatic carbocycles. The van der Waals surface area contributed by atoms with Crippen LogP contribution in [-0.4, -0.2) is 11.7 Å². The Morgan fingerprint density at radius 1 is 0.611 bits per heavy atom. The zero-order valence-corrected chi connectivity index (χ0v) is 11.1. The summed E-state index contributed by atoms with van der Waals surface area (Å²) in [6.07, 6.45) is 11.7. The van der Waals surface area contributed by atoms with Crippen LogP contribution in [0.2, 0.25) is 0 Å². The van der Waals surface area contributed by atoms with Crippen LogP contribution in [-0.2, 0) is 0 Å². The van der Waals surface area contributed by atoms with E-state index < -0.39 is 0 Å². The third-order valence-corrected chi connectivity index (χ3v) is 4.25. The normalized spacial score (nSPS) is 23.3. The molecule has 0 aromatic heterocycles. The number of hydrogen-bond donors (Lipinski definition) is 2. The van der Waals surface area contributed by atoms with Crippen molar-refractivity contribution in [2.75, 3.05) is 0 Å². The Kier molecular flexibility index (Phi) is 5.02. The minimum Gasteiger partial charge on any atom is -0.285 e. The van der Waals surface area contributed by atoms with Gasteiger partial charge in [0.2, 0.25) is 0 Å². The van der Waals surface area contributed by atoms with Gasteiger partial charge in [-0.25, -0.2) is 0 Å². The Morgan fingerprint density at radius 3 is 1.28 bits per heavy atom. The van der Waals surface area contributed by atoms with E-state index >= 15 is 0 Å². The van der Waals surface area contributed by atoms with Crippen LogP contribution >= 0.6 is 0 Å². The molecule has 2 fully saturated rings. The van der Waals surface area contributed by atoms with Crippen molar-refractivity contribution in [3.05, 3.63) is 0 Å². The van der Waals surface area contributed by atoms with Gasteiger partial charge in [-0.2, -0.15) is 0 Å². The monoisotopic (exact) mass is 248 g/mol. The topological polar surface area (TPSA) is 72.4 Å². The van der Waals surface area contributed by atoms with Gasteiger partial charge in [0.05, 0.1) is 0 Å². The van der Waals surface area contributed by atoms with E-state index in [0.29, 0.717) is 23.5 Å². The summed E-state index contributed by atoms with van der Waals surface area (Å²) in [5.74, 6) is 1.38. The van der Waals surface area contributed by atoms with Gasteiger partial charge >= 0.3 is 0 Å². The Hall–Kier alpha value is -1.06. The molecule has 4 heteroatoms. The predicted octanol–water partition coefficient (Wildman–Crippen LogP) is 4.55. The van der Waals surface area contributed by atoms with Gasteiger partial charge in [0.1, 0.15) is 11.7 Å². The largest absolute Gasteiger partial charge is 0.285 e. The molecule has 18 heavy (non-hydrogen) atoms. The Morgan fingerprint density at radius 2 is 0.944 bits per heavy atom. The van der Waals surface area contributed by atoms with Crippen LogP contribution in [0.1, 0.15) is 64.2 Å². The molecule has 2 N–H and O–H groups in total. The number of nitrogens with zero attached hydrogens (tertiary/aromatic N) is 2. The molecule has 100 valence electrons. The van der Waals surface area contributed by atoms with Crippen molar-refractivity contribution in [1.29, 1.82) is 10.8 Å². The molecular formula is C14H24N4. The molecule has 0 spiro atoms. The Bertz CT molecular complexity index is 291. The number of hydrogen-bond acceptors (Lipinski definition) is 2. The van der Waals surface area contributed by atoms with Crippen molar-refractivity contribution in [2.45, 2.75) is 64.2 Å². The highest BCUT2D eigenvalue weighted by atomic mass is 15.2. The lowest BCUT2D eigenvalue weighted by atomic mass is 9.88. The van der Waals surface area contributed by atoms with Crippen molar-refractivity contribution in [2.24, 2.45) is 22.1 Å². The fourth-order valence-corrected chi connectivity index (χ4v) is 3.02. The maximum absolute atomic E-state index is 7.93. The molecule has 0 saturated heterocycles. The van der Waals surface area contributed by atoms with Crippen LogP contribution < -0.4 is 0 Å². The van der Waals surface area contributed by atoms with Crippen molar-refractivity contribution in [3.63, 3.8) is 0 Å². The summed E-state index contributed by atoms with van der Waals surface area (Å²) in [5, 5.41) is 23.9. The second-order valence-electron chi connectivity index (χ2n) is 5.64. The smallest absolute Gasteiger partial charge is 0.146 e. The van der Waals surface area contributed by atoms with E-state index in [1.165, 1.54) is 38.5 Å². The summed E-state index contributed by atoms with van der Waals surface area (Å²) in [6, 6.07) is 0. The molecule has 4 nitrogen and oxygen atoms in total. The summed E-state index contributed by atoms with van der Waals surface area (Å²) in [5.41, 5.74) is 0. The average Bonchev–Trinajstić information content (AvgIpc) is 2.46. The molecule has 0 atom stereocenters. The summed E-state index contributed by atoms with van der Waals surface area (Å²) in [4.78, 5) is 0. The number of amidine groups is 2. The lowest BCUT2D eigenvalue weighted by Gasteiger charge is -2.20. The predicted molar refractivity (Wildman–Crippen MR) is 73.5 cm³/mol. The second kappa shape index (κ2) is 6.76. The quantitative estimate of drug-likeness (QED) is 0.408. The molecule has 0 amide bonds. The van der Waals surface area contributed by atoms with Gasteiger partial charge in [-0.1, -0.05) is 38.5 Å². The zero-order valence-electron chi connectivity index (χ0n) is 11.1. The highest BCUT2D eigenvalue weighted by Gasteiger charge is 2.20. The van der Waals surface area contributed by atoms with Crippen molar-refractivity contribution < 1.29 is 0 Å². The number of azo groups is 1. The third kappa shape index (κ3) is 3.72. The van der Waals surface area contributed by atoms with E-state index in [0.717, 1.165) is 25.7 Å². The molecule has 0 bridgehead atoms. The van der Waals surface area contributed by atoms with Crippen LogP contribution in [0.5, 0.6) is 0 Å². The molecule has 0 aliphatic heterocycles. The van der Waals surface area contributed by atoms with Gasteiger partial charge in [0.15, 0.2) is 0 Å². The van der Waals surface area contributed by atoms with Gasteiger partial charge < -0.3 is 0 Å². The molecule has 0 radical (unpaired) electrons. The Labute approximate surface area is 109 Å². The van der Waals surface area contributed by atoms with Gasteiger partial charge in [-0.3, -0.25) is 10.8 Å². The summed E-state index contributed by atoms with van der Waals surface area (Å²) in [6.45, 7) is 0. The average molecular weight is 248 g/mol. The van der Waals surface area contributed by atoms with E-state index in [-0.39, 0.29) is 0 Å². The minimum absolute atomic E-state index is 0.293. The van der Waals surface area contributed by atoms with Crippen LogP contribution in [0.4, 0.5) is 0 Å². The highest BCUT2D eigenvalue weighted by molar-refractivity contribution is 5.86. The first-order valence-corrected chi connectivity index (χ1v) is 7.36. The van der Waals surface area contributed by atoms with E-state index in [1.807, 2.05) is 0 Å². The van der Waals surface area contributed by atoms with Crippen molar-refractivity contribution in [1.82, 2.24) is 0 Å². The third-order valence-electron chi connectivity index (χ3n) is 4.25. The van der Waals surface area contributed by atoms with E-state index in [9.17, 15) is 0 Å². The highest BCUT2D eigenvalue weighted by Crippen LogP contribution is 2.26.